The average Bonchev–Trinajstić information content (AvgIpc) is 3.05. The smallest absolute Gasteiger partial charge is 0.120 e. The zero-order valence-corrected chi connectivity index (χ0v) is 10.7. The van der Waals surface area contributed by atoms with Gasteiger partial charge in [0, 0.05) is 32.4 Å². The fourth-order valence-corrected chi connectivity index (χ4v) is 1.42. The van der Waals surface area contributed by atoms with Gasteiger partial charge in [-0.05, 0) is 32.4 Å². The quantitative estimate of drug-likeness (QED) is 0.613. The van der Waals surface area contributed by atoms with Gasteiger partial charge in [0.25, 0.3) is 0 Å². The second kappa shape index (κ2) is 5.85. The Morgan fingerprint density at radius 2 is 1.94 bits per heavy atom. The molecule has 0 aromatic carbocycles. The van der Waals surface area contributed by atoms with Crippen molar-refractivity contribution in [3.05, 3.63) is 24.6 Å². The first kappa shape index (κ1) is 13.0. The highest BCUT2D eigenvalue weighted by Gasteiger charge is 2.25. The van der Waals surface area contributed by atoms with Crippen molar-refractivity contribution < 1.29 is 0 Å². The summed E-state index contributed by atoms with van der Waals surface area (Å²) >= 11 is 0. The molecule has 1 fully saturated rings. The number of allylic oxidation sites excluding steroid dienone is 1. The molecule has 0 saturated heterocycles. The SMILES string of the molecule is C=C(C)/C=N\C(=C)N(C)CCN(C)C1CC1. The molecule has 1 aliphatic carbocycles. The highest BCUT2D eigenvalue weighted by Crippen LogP contribution is 2.24. The number of likely N-dealkylation sites (N-methyl/N-ethyl adjacent to an activating group) is 2. The Morgan fingerprint density at radius 3 is 2.44 bits per heavy atom. The standard InChI is InChI=1S/C13H23N3/c1-11(2)10-14-12(3)15(4)8-9-16(5)13-6-7-13/h10,13H,1,3,6-9H2,2,4-5H3/b14-10-. The molecule has 0 aliphatic heterocycles. The van der Waals surface area contributed by atoms with Crippen LogP contribution in [0.3, 0.4) is 0 Å². The van der Waals surface area contributed by atoms with Crippen LogP contribution in [0.2, 0.25) is 0 Å². The molecule has 1 rings (SSSR count). The zero-order valence-electron chi connectivity index (χ0n) is 10.7. The van der Waals surface area contributed by atoms with Gasteiger partial charge in [0.2, 0.25) is 0 Å². The van der Waals surface area contributed by atoms with Crippen LogP contribution in [0.15, 0.2) is 29.5 Å². The van der Waals surface area contributed by atoms with Crippen LogP contribution in [0.1, 0.15) is 19.8 Å². The van der Waals surface area contributed by atoms with Gasteiger partial charge in [0.05, 0.1) is 0 Å². The Morgan fingerprint density at radius 1 is 1.31 bits per heavy atom. The van der Waals surface area contributed by atoms with Crippen molar-refractivity contribution in [1.29, 1.82) is 0 Å². The van der Waals surface area contributed by atoms with E-state index in [9.17, 15) is 0 Å². The zero-order chi connectivity index (χ0) is 12.1. The van der Waals surface area contributed by atoms with Gasteiger partial charge in [0.15, 0.2) is 0 Å². The fraction of sp³-hybridized carbons (Fsp3) is 0.615. The van der Waals surface area contributed by atoms with Gasteiger partial charge in [-0.25, -0.2) is 4.99 Å². The molecule has 0 heterocycles. The molecule has 3 heteroatoms. The normalized spacial score (nSPS) is 15.8. The first-order valence-corrected chi connectivity index (χ1v) is 5.80. The van der Waals surface area contributed by atoms with Crippen LogP contribution >= 0.6 is 0 Å². The largest absolute Gasteiger partial charge is 0.359 e. The third-order valence-electron chi connectivity index (χ3n) is 2.83. The third kappa shape index (κ3) is 4.62. The van der Waals surface area contributed by atoms with E-state index in [-0.39, 0.29) is 0 Å². The molecule has 0 unspecified atom stereocenters. The molecule has 0 bridgehead atoms. The maximum absolute atomic E-state index is 4.25. The first-order valence-electron chi connectivity index (χ1n) is 5.80. The first-order chi connectivity index (χ1) is 7.50. The van der Waals surface area contributed by atoms with Crippen LogP contribution < -0.4 is 0 Å². The lowest BCUT2D eigenvalue weighted by Gasteiger charge is -2.22. The van der Waals surface area contributed by atoms with E-state index in [1.165, 1.54) is 12.8 Å². The number of aliphatic imine (C=N–C) groups is 1. The fourth-order valence-electron chi connectivity index (χ4n) is 1.42. The molecular weight excluding hydrogens is 198 g/mol. The summed E-state index contributed by atoms with van der Waals surface area (Å²) in [5.41, 5.74) is 0.949. The summed E-state index contributed by atoms with van der Waals surface area (Å²) in [5, 5.41) is 0. The van der Waals surface area contributed by atoms with E-state index in [0.717, 1.165) is 30.5 Å². The van der Waals surface area contributed by atoms with E-state index in [1.807, 2.05) is 14.0 Å². The Kier molecular flexibility index (Phi) is 4.74. The molecule has 0 radical (unpaired) electrons. The van der Waals surface area contributed by atoms with Crippen LogP contribution in [-0.2, 0) is 0 Å². The van der Waals surface area contributed by atoms with E-state index < -0.39 is 0 Å². The van der Waals surface area contributed by atoms with Crippen molar-refractivity contribution in [2.45, 2.75) is 25.8 Å². The number of nitrogens with zero attached hydrogens (tertiary/aromatic N) is 3. The van der Waals surface area contributed by atoms with Crippen molar-refractivity contribution in [1.82, 2.24) is 9.80 Å². The predicted molar refractivity (Wildman–Crippen MR) is 70.7 cm³/mol. The van der Waals surface area contributed by atoms with Gasteiger partial charge in [-0.15, -0.1) is 0 Å². The number of rotatable bonds is 7. The summed E-state index contributed by atoms with van der Waals surface area (Å²) in [6, 6.07) is 0.820. The summed E-state index contributed by atoms with van der Waals surface area (Å²) < 4.78 is 0. The maximum atomic E-state index is 4.25. The van der Waals surface area contributed by atoms with Gasteiger partial charge in [-0.2, -0.15) is 0 Å². The van der Waals surface area contributed by atoms with Gasteiger partial charge in [-0.1, -0.05) is 13.2 Å². The van der Waals surface area contributed by atoms with Gasteiger partial charge in [-0.3, -0.25) is 0 Å². The lowest BCUT2D eigenvalue weighted by molar-refractivity contribution is 0.278. The molecule has 0 N–H and O–H groups in total. The highest BCUT2D eigenvalue weighted by atomic mass is 15.2. The Bertz CT molecular complexity index is 290. The van der Waals surface area contributed by atoms with Crippen molar-refractivity contribution in [2.24, 2.45) is 4.99 Å². The molecule has 0 spiro atoms. The lowest BCUT2D eigenvalue weighted by Crippen LogP contribution is -2.31. The third-order valence-corrected chi connectivity index (χ3v) is 2.83. The maximum Gasteiger partial charge on any atom is 0.120 e. The van der Waals surface area contributed by atoms with Gasteiger partial charge in [0.1, 0.15) is 5.82 Å². The predicted octanol–water partition coefficient (Wildman–Crippen LogP) is 2.13. The molecule has 90 valence electrons. The lowest BCUT2D eigenvalue weighted by atomic mass is 10.4. The molecule has 0 aromatic rings. The Hall–Kier alpha value is -1.09. The number of hydrogen-bond donors (Lipinski definition) is 0. The molecule has 0 atom stereocenters. The van der Waals surface area contributed by atoms with Crippen LogP contribution in [0.5, 0.6) is 0 Å². The van der Waals surface area contributed by atoms with E-state index in [1.54, 1.807) is 6.21 Å². The average molecular weight is 221 g/mol. The molecule has 16 heavy (non-hydrogen) atoms. The minimum Gasteiger partial charge on any atom is -0.359 e. The molecule has 0 amide bonds. The summed E-state index contributed by atoms with van der Waals surface area (Å²) in [6.07, 6.45) is 4.47. The molecule has 0 aromatic heterocycles. The van der Waals surface area contributed by atoms with E-state index in [0.29, 0.717) is 0 Å². The van der Waals surface area contributed by atoms with Crippen LogP contribution in [0.25, 0.3) is 0 Å². The van der Waals surface area contributed by atoms with E-state index in [4.69, 9.17) is 0 Å². The van der Waals surface area contributed by atoms with E-state index in [2.05, 4.69) is 35.0 Å². The number of hydrogen-bond acceptors (Lipinski definition) is 3. The summed E-state index contributed by atoms with van der Waals surface area (Å²) in [7, 11) is 4.21. The summed E-state index contributed by atoms with van der Waals surface area (Å²) in [4.78, 5) is 8.74. The summed E-state index contributed by atoms with van der Waals surface area (Å²) in [6.45, 7) is 11.7. The Labute approximate surface area is 99.1 Å². The molecule has 1 aliphatic rings. The van der Waals surface area contributed by atoms with Gasteiger partial charge >= 0.3 is 0 Å². The van der Waals surface area contributed by atoms with Crippen molar-refractivity contribution in [3.8, 4) is 0 Å². The summed E-state index contributed by atoms with van der Waals surface area (Å²) in [5.74, 6) is 0.798. The van der Waals surface area contributed by atoms with Crippen LogP contribution in [0, 0.1) is 0 Å². The van der Waals surface area contributed by atoms with Crippen LogP contribution in [0.4, 0.5) is 0 Å². The second-order valence-electron chi connectivity index (χ2n) is 4.65. The molecule has 3 nitrogen and oxygen atoms in total. The Balaban J connectivity index is 2.25. The molecular formula is C13H23N3. The van der Waals surface area contributed by atoms with Crippen molar-refractivity contribution >= 4 is 6.21 Å². The second-order valence-corrected chi connectivity index (χ2v) is 4.65. The van der Waals surface area contributed by atoms with Crippen molar-refractivity contribution in [2.75, 3.05) is 27.2 Å². The van der Waals surface area contributed by atoms with Crippen molar-refractivity contribution in [3.63, 3.8) is 0 Å². The van der Waals surface area contributed by atoms with E-state index >= 15 is 0 Å². The monoisotopic (exact) mass is 221 g/mol. The van der Waals surface area contributed by atoms with Gasteiger partial charge < -0.3 is 9.80 Å². The minimum absolute atomic E-state index is 0.798. The topological polar surface area (TPSA) is 18.8 Å². The minimum atomic E-state index is 0.798. The highest BCUT2D eigenvalue weighted by molar-refractivity contribution is 5.77. The van der Waals surface area contributed by atoms with Crippen LogP contribution in [-0.4, -0.2) is 49.2 Å². The molecule has 1 saturated carbocycles.